The van der Waals surface area contributed by atoms with E-state index in [1.54, 1.807) is 11.8 Å². The molecule has 0 radical (unpaired) electrons. The molecule has 2 aliphatic heterocycles. The zero-order chi connectivity index (χ0) is 18.1. The normalized spacial score (nSPS) is 18.4. The molecule has 2 aromatic rings. The number of benzene rings is 1. The third-order valence-electron chi connectivity index (χ3n) is 5.86. The first-order chi connectivity index (χ1) is 12.6. The highest BCUT2D eigenvalue weighted by Crippen LogP contribution is 2.37. The van der Waals surface area contributed by atoms with E-state index in [0.717, 1.165) is 56.2 Å². The predicted octanol–water partition coefficient (Wildman–Crippen LogP) is 2.22. The summed E-state index contributed by atoms with van der Waals surface area (Å²) in [7, 11) is 1.64. The monoisotopic (exact) mass is 391 g/mol. The first-order valence-electron chi connectivity index (χ1n) is 9.19. The van der Waals surface area contributed by atoms with E-state index in [0.29, 0.717) is 11.1 Å². The Morgan fingerprint density at radius 1 is 1.19 bits per heavy atom. The smallest absolute Gasteiger partial charge is 0.276 e. The standard InChI is InChI=1S/C19H25N5O2.ClH/c1-14-17(21-22-24(14)15-3-5-16(26-2)6-4-15)18(25)23-11-8-19(9-12-23)7-10-20-13-19;/h3-6,20H,7-13H2,1-2H3;1H. The Kier molecular flexibility index (Phi) is 5.72. The van der Waals surface area contributed by atoms with Gasteiger partial charge >= 0.3 is 0 Å². The number of amides is 1. The number of methoxy groups -OCH3 is 1. The van der Waals surface area contributed by atoms with Gasteiger partial charge in [0.25, 0.3) is 5.91 Å². The molecule has 0 unspecified atom stereocenters. The molecule has 0 saturated carbocycles. The van der Waals surface area contributed by atoms with Crippen molar-refractivity contribution in [3.05, 3.63) is 35.7 Å². The number of hydrogen-bond acceptors (Lipinski definition) is 5. The zero-order valence-corrected chi connectivity index (χ0v) is 16.6. The number of carbonyl (C=O) groups is 1. The average molecular weight is 392 g/mol. The van der Waals surface area contributed by atoms with Gasteiger partial charge < -0.3 is 15.0 Å². The summed E-state index contributed by atoms with van der Waals surface area (Å²) in [6.45, 7) is 5.68. The second-order valence-electron chi connectivity index (χ2n) is 7.35. The van der Waals surface area contributed by atoms with Crippen LogP contribution in [0.2, 0.25) is 0 Å². The molecule has 0 aliphatic carbocycles. The highest BCUT2D eigenvalue weighted by atomic mass is 35.5. The van der Waals surface area contributed by atoms with E-state index < -0.39 is 0 Å². The van der Waals surface area contributed by atoms with Crippen molar-refractivity contribution in [2.45, 2.75) is 26.2 Å². The molecule has 3 heterocycles. The molecule has 1 spiro atoms. The lowest BCUT2D eigenvalue weighted by atomic mass is 9.78. The second kappa shape index (κ2) is 7.86. The maximum atomic E-state index is 12.9. The van der Waals surface area contributed by atoms with Crippen LogP contribution < -0.4 is 10.1 Å². The van der Waals surface area contributed by atoms with Crippen molar-refractivity contribution in [1.82, 2.24) is 25.2 Å². The summed E-state index contributed by atoms with van der Waals surface area (Å²) in [6.07, 6.45) is 3.36. The second-order valence-corrected chi connectivity index (χ2v) is 7.35. The predicted molar refractivity (Wildman–Crippen MR) is 105 cm³/mol. The molecule has 1 amide bonds. The van der Waals surface area contributed by atoms with E-state index in [1.165, 1.54) is 6.42 Å². The molecule has 2 fully saturated rings. The molecule has 2 saturated heterocycles. The van der Waals surface area contributed by atoms with Gasteiger partial charge in [0.2, 0.25) is 0 Å². The SMILES string of the molecule is COc1ccc(-n2nnc(C(=O)N3CCC4(CCNC4)CC3)c2C)cc1.Cl. The number of nitrogens with one attached hydrogen (secondary N) is 1. The maximum Gasteiger partial charge on any atom is 0.276 e. The lowest BCUT2D eigenvalue weighted by Crippen LogP contribution is -2.44. The number of rotatable bonds is 3. The number of nitrogens with zero attached hydrogens (tertiary/aromatic N) is 4. The Hall–Kier alpha value is -2.12. The Morgan fingerprint density at radius 3 is 2.48 bits per heavy atom. The van der Waals surface area contributed by atoms with Crippen LogP contribution in [0, 0.1) is 12.3 Å². The van der Waals surface area contributed by atoms with Crippen LogP contribution in [-0.2, 0) is 0 Å². The van der Waals surface area contributed by atoms with Gasteiger partial charge in [-0.25, -0.2) is 4.68 Å². The molecule has 1 N–H and O–H groups in total. The van der Waals surface area contributed by atoms with Crippen LogP contribution in [0.4, 0.5) is 0 Å². The molecular weight excluding hydrogens is 366 g/mol. The van der Waals surface area contributed by atoms with Crippen molar-refractivity contribution in [1.29, 1.82) is 0 Å². The third kappa shape index (κ3) is 3.66. The zero-order valence-electron chi connectivity index (χ0n) is 15.8. The molecule has 2 aliphatic rings. The van der Waals surface area contributed by atoms with Gasteiger partial charge in [0, 0.05) is 19.6 Å². The number of piperidine rings is 1. The van der Waals surface area contributed by atoms with Crippen LogP contribution in [-0.4, -0.2) is 59.1 Å². The van der Waals surface area contributed by atoms with Gasteiger partial charge in [-0.05, 0) is 62.4 Å². The first kappa shape index (κ1) is 19.6. The van der Waals surface area contributed by atoms with Crippen LogP contribution in [0.15, 0.2) is 24.3 Å². The molecule has 27 heavy (non-hydrogen) atoms. The number of carbonyl (C=O) groups excluding carboxylic acids is 1. The molecule has 4 rings (SSSR count). The van der Waals surface area contributed by atoms with Crippen LogP contribution in [0.3, 0.4) is 0 Å². The minimum absolute atomic E-state index is 0. The Bertz CT molecular complexity index is 789. The van der Waals surface area contributed by atoms with Crippen molar-refractivity contribution in [3.63, 3.8) is 0 Å². The van der Waals surface area contributed by atoms with Crippen LogP contribution >= 0.6 is 12.4 Å². The number of aromatic nitrogens is 3. The Balaban J connectivity index is 0.00000210. The lowest BCUT2D eigenvalue weighted by Gasteiger charge is -2.38. The quantitative estimate of drug-likeness (QED) is 0.868. The maximum absolute atomic E-state index is 12.9. The van der Waals surface area contributed by atoms with Gasteiger partial charge in [-0.15, -0.1) is 17.5 Å². The van der Waals surface area contributed by atoms with E-state index in [1.807, 2.05) is 36.1 Å². The molecule has 0 bridgehead atoms. The van der Waals surface area contributed by atoms with Crippen molar-refractivity contribution in [2.75, 3.05) is 33.3 Å². The number of halogens is 1. The Labute approximate surface area is 165 Å². The van der Waals surface area contributed by atoms with E-state index in [4.69, 9.17) is 4.74 Å². The average Bonchev–Trinajstić information content (AvgIpc) is 3.29. The van der Waals surface area contributed by atoms with Crippen LogP contribution in [0.5, 0.6) is 5.75 Å². The van der Waals surface area contributed by atoms with E-state index in [9.17, 15) is 4.79 Å². The fraction of sp³-hybridized carbons (Fsp3) is 0.526. The van der Waals surface area contributed by atoms with Gasteiger partial charge in [-0.2, -0.15) is 0 Å². The number of ether oxygens (including phenoxy) is 1. The molecule has 146 valence electrons. The van der Waals surface area contributed by atoms with E-state index in [-0.39, 0.29) is 18.3 Å². The summed E-state index contributed by atoms with van der Waals surface area (Å²) in [5.74, 6) is 0.773. The lowest BCUT2D eigenvalue weighted by molar-refractivity contribution is 0.0601. The van der Waals surface area contributed by atoms with E-state index >= 15 is 0 Å². The molecular formula is C19H26ClN5O2. The first-order valence-corrected chi connectivity index (χ1v) is 9.19. The Morgan fingerprint density at radius 2 is 1.89 bits per heavy atom. The van der Waals surface area contributed by atoms with Crippen molar-refractivity contribution in [3.8, 4) is 11.4 Å². The van der Waals surface area contributed by atoms with Gasteiger partial charge in [0.05, 0.1) is 18.5 Å². The molecule has 7 nitrogen and oxygen atoms in total. The van der Waals surface area contributed by atoms with Crippen molar-refractivity contribution < 1.29 is 9.53 Å². The minimum Gasteiger partial charge on any atom is -0.497 e. The summed E-state index contributed by atoms with van der Waals surface area (Å²) in [4.78, 5) is 14.9. The highest BCUT2D eigenvalue weighted by Gasteiger charge is 2.38. The van der Waals surface area contributed by atoms with Gasteiger partial charge in [0.1, 0.15) is 5.75 Å². The van der Waals surface area contributed by atoms with Crippen LogP contribution in [0.25, 0.3) is 5.69 Å². The van der Waals surface area contributed by atoms with Gasteiger partial charge in [0.15, 0.2) is 5.69 Å². The topological polar surface area (TPSA) is 72.3 Å². The summed E-state index contributed by atoms with van der Waals surface area (Å²) < 4.78 is 6.89. The number of hydrogen-bond donors (Lipinski definition) is 1. The largest absolute Gasteiger partial charge is 0.497 e. The van der Waals surface area contributed by atoms with Gasteiger partial charge in [-0.1, -0.05) is 5.21 Å². The van der Waals surface area contributed by atoms with Crippen molar-refractivity contribution >= 4 is 18.3 Å². The summed E-state index contributed by atoms with van der Waals surface area (Å²) >= 11 is 0. The van der Waals surface area contributed by atoms with Crippen molar-refractivity contribution in [2.24, 2.45) is 5.41 Å². The van der Waals surface area contributed by atoms with Crippen LogP contribution in [0.1, 0.15) is 35.4 Å². The fourth-order valence-electron chi connectivity index (χ4n) is 4.05. The summed E-state index contributed by atoms with van der Waals surface area (Å²) in [6, 6.07) is 7.56. The number of likely N-dealkylation sites (tertiary alicyclic amines) is 1. The minimum atomic E-state index is -0.0110. The molecule has 1 aromatic carbocycles. The molecule has 0 atom stereocenters. The molecule has 8 heteroatoms. The van der Waals surface area contributed by atoms with Gasteiger partial charge in [-0.3, -0.25) is 4.79 Å². The molecule has 1 aromatic heterocycles. The third-order valence-corrected chi connectivity index (χ3v) is 5.86. The summed E-state index contributed by atoms with van der Waals surface area (Å²) in [5, 5.41) is 11.8. The summed E-state index contributed by atoms with van der Waals surface area (Å²) in [5.41, 5.74) is 2.47. The van der Waals surface area contributed by atoms with E-state index in [2.05, 4.69) is 15.6 Å². The highest BCUT2D eigenvalue weighted by molar-refractivity contribution is 5.93. The fourth-order valence-corrected chi connectivity index (χ4v) is 4.05.